The number of hydrogen-bond donors (Lipinski definition) is 1. The lowest BCUT2D eigenvalue weighted by molar-refractivity contribution is 0.0971. The molecule has 1 aliphatic heterocycles. The average Bonchev–Trinajstić information content (AvgIpc) is 2.76. The number of ketones is 1. The van der Waals surface area contributed by atoms with Crippen LogP contribution in [-0.2, 0) is 0 Å². The molecule has 0 saturated carbocycles. The molecule has 1 aromatic carbocycles. The molecule has 31 heavy (non-hydrogen) atoms. The summed E-state index contributed by atoms with van der Waals surface area (Å²) in [6.45, 7) is 4.98. The van der Waals surface area contributed by atoms with Crippen molar-refractivity contribution < 1.29 is 4.79 Å². The molecule has 1 atom stereocenters. The maximum Gasteiger partial charge on any atom is 0.258 e. The van der Waals surface area contributed by atoms with Crippen molar-refractivity contribution in [1.82, 2.24) is 24.8 Å². The van der Waals surface area contributed by atoms with Gasteiger partial charge in [0.2, 0.25) is 11.7 Å². The van der Waals surface area contributed by atoms with E-state index in [1.54, 1.807) is 12.1 Å². The van der Waals surface area contributed by atoms with E-state index in [4.69, 9.17) is 11.6 Å². The molecule has 9 nitrogen and oxygen atoms in total. The van der Waals surface area contributed by atoms with Crippen molar-refractivity contribution in [3.8, 4) is 6.07 Å². The van der Waals surface area contributed by atoms with Crippen LogP contribution >= 0.6 is 11.6 Å². The predicted octanol–water partition coefficient (Wildman–Crippen LogP) is 1.92. The molecule has 0 spiro atoms. The molecule has 10 heteroatoms. The second-order valence-corrected chi connectivity index (χ2v) is 7.96. The standard InChI is InChI=1S/C21H20ClN7O2/c1-12-3-4-16-13(9-12)20(31)27-19(25-16)14(10-23)18(30)17-15(22)11-24-21(26-17)29-7-5-28(2)6-8-29/h3-4,9,11,14H,5-8H2,1-2H3,(H,25,27,31)/t14-/m1/s1. The van der Waals surface area contributed by atoms with Crippen molar-refractivity contribution in [2.45, 2.75) is 12.8 Å². The lowest BCUT2D eigenvalue weighted by Crippen LogP contribution is -2.45. The van der Waals surface area contributed by atoms with Crippen LogP contribution in [0.4, 0.5) is 5.95 Å². The van der Waals surface area contributed by atoms with Gasteiger partial charge in [0.25, 0.3) is 5.56 Å². The summed E-state index contributed by atoms with van der Waals surface area (Å²) in [5.74, 6) is -1.65. The second kappa shape index (κ2) is 8.41. The summed E-state index contributed by atoms with van der Waals surface area (Å²) in [6, 6.07) is 7.13. The van der Waals surface area contributed by atoms with E-state index in [-0.39, 0.29) is 16.5 Å². The molecule has 1 aliphatic rings. The van der Waals surface area contributed by atoms with Gasteiger partial charge in [-0.2, -0.15) is 5.26 Å². The van der Waals surface area contributed by atoms with Crippen molar-refractivity contribution in [2.75, 3.05) is 38.1 Å². The van der Waals surface area contributed by atoms with Crippen LogP contribution in [0.15, 0.2) is 29.2 Å². The summed E-state index contributed by atoms with van der Waals surface area (Å²) in [4.78, 5) is 45.4. The maximum absolute atomic E-state index is 13.2. The Kier molecular flexibility index (Phi) is 5.67. The minimum absolute atomic E-state index is 0.0373. The maximum atomic E-state index is 13.2. The number of carbonyl (C=O) groups is 1. The molecule has 0 amide bonds. The van der Waals surface area contributed by atoms with Gasteiger partial charge in [-0.15, -0.1) is 0 Å². The lowest BCUT2D eigenvalue weighted by atomic mass is 10.0. The number of fused-ring (bicyclic) bond motifs is 1. The first-order valence-electron chi connectivity index (χ1n) is 9.78. The van der Waals surface area contributed by atoms with Gasteiger partial charge in [0.1, 0.15) is 11.5 Å². The Morgan fingerprint density at radius 2 is 2.00 bits per heavy atom. The fourth-order valence-electron chi connectivity index (χ4n) is 3.48. The van der Waals surface area contributed by atoms with E-state index in [2.05, 4.69) is 24.8 Å². The third kappa shape index (κ3) is 4.13. The van der Waals surface area contributed by atoms with Crippen LogP contribution < -0.4 is 10.5 Å². The SMILES string of the molecule is Cc1ccc2nc([C@H](C#N)C(=O)c3nc(N4CCN(C)CC4)ncc3Cl)[nH]c(=O)c2c1. The Morgan fingerprint density at radius 3 is 2.71 bits per heavy atom. The summed E-state index contributed by atoms with van der Waals surface area (Å²) in [7, 11) is 2.03. The van der Waals surface area contributed by atoms with Crippen molar-refractivity contribution in [3.05, 3.63) is 56.9 Å². The quantitative estimate of drug-likeness (QED) is 0.615. The van der Waals surface area contributed by atoms with E-state index in [1.807, 2.05) is 31.0 Å². The molecule has 1 saturated heterocycles. The molecule has 4 rings (SSSR count). The van der Waals surface area contributed by atoms with Gasteiger partial charge in [0.05, 0.1) is 28.2 Å². The Bertz CT molecular complexity index is 1260. The van der Waals surface area contributed by atoms with Gasteiger partial charge in [-0.05, 0) is 26.1 Å². The van der Waals surface area contributed by atoms with Gasteiger partial charge < -0.3 is 14.8 Å². The van der Waals surface area contributed by atoms with Crippen LogP contribution in [0.2, 0.25) is 5.02 Å². The highest BCUT2D eigenvalue weighted by Crippen LogP contribution is 2.24. The number of nitrogens with one attached hydrogen (secondary N) is 1. The summed E-state index contributed by atoms with van der Waals surface area (Å²) in [5, 5.41) is 10.2. The number of piperazine rings is 1. The molecule has 0 bridgehead atoms. The minimum atomic E-state index is -1.36. The number of aromatic nitrogens is 4. The van der Waals surface area contributed by atoms with Gasteiger partial charge in [-0.3, -0.25) is 9.59 Å². The highest BCUT2D eigenvalue weighted by molar-refractivity contribution is 6.33. The van der Waals surface area contributed by atoms with Crippen molar-refractivity contribution >= 4 is 34.2 Å². The highest BCUT2D eigenvalue weighted by atomic mass is 35.5. The van der Waals surface area contributed by atoms with E-state index < -0.39 is 17.3 Å². The Balaban J connectivity index is 1.70. The second-order valence-electron chi connectivity index (χ2n) is 7.56. The molecule has 158 valence electrons. The van der Waals surface area contributed by atoms with Crippen LogP contribution in [0.5, 0.6) is 0 Å². The number of aromatic amines is 1. The zero-order valence-corrected chi connectivity index (χ0v) is 17.8. The molecule has 1 N–H and O–H groups in total. The predicted molar refractivity (Wildman–Crippen MR) is 117 cm³/mol. The first kappa shape index (κ1) is 20.9. The van der Waals surface area contributed by atoms with Crippen molar-refractivity contribution in [1.29, 1.82) is 5.26 Å². The number of Topliss-reactive ketones (excluding diaryl/α,β-unsaturated/α-hetero) is 1. The minimum Gasteiger partial charge on any atom is -0.338 e. The third-order valence-corrected chi connectivity index (χ3v) is 5.57. The van der Waals surface area contributed by atoms with Crippen LogP contribution in [0, 0.1) is 18.3 Å². The largest absolute Gasteiger partial charge is 0.338 e. The van der Waals surface area contributed by atoms with Gasteiger partial charge in [0.15, 0.2) is 5.92 Å². The molecule has 3 aromatic rings. The van der Waals surface area contributed by atoms with E-state index in [9.17, 15) is 14.9 Å². The van der Waals surface area contributed by atoms with Gasteiger partial charge >= 0.3 is 0 Å². The van der Waals surface area contributed by atoms with Crippen LogP contribution in [0.1, 0.15) is 27.8 Å². The molecule has 0 unspecified atom stereocenters. The molecule has 3 heterocycles. The summed E-state index contributed by atoms with van der Waals surface area (Å²) >= 11 is 6.21. The zero-order chi connectivity index (χ0) is 22.1. The summed E-state index contributed by atoms with van der Waals surface area (Å²) in [6.07, 6.45) is 1.36. The first-order chi connectivity index (χ1) is 14.9. The number of nitriles is 1. The number of carbonyl (C=O) groups excluding carboxylic acids is 1. The Morgan fingerprint density at radius 1 is 1.26 bits per heavy atom. The molecule has 1 fully saturated rings. The molecule has 0 aliphatic carbocycles. The number of hydrogen-bond acceptors (Lipinski definition) is 8. The number of rotatable bonds is 4. The molecular weight excluding hydrogens is 418 g/mol. The van der Waals surface area contributed by atoms with Gasteiger partial charge in [-0.1, -0.05) is 23.2 Å². The number of benzene rings is 1. The monoisotopic (exact) mass is 437 g/mol. The van der Waals surface area contributed by atoms with Gasteiger partial charge in [0, 0.05) is 26.2 Å². The number of nitrogens with zero attached hydrogens (tertiary/aromatic N) is 6. The molecule has 0 radical (unpaired) electrons. The average molecular weight is 438 g/mol. The fraction of sp³-hybridized carbons (Fsp3) is 0.333. The lowest BCUT2D eigenvalue weighted by Gasteiger charge is -2.32. The summed E-state index contributed by atoms with van der Waals surface area (Å²) in [5.41, 5.74) is 0.835. The van der Waals surface area contributed by atoms with Crippen LogP contribution in [0.25, 0.3) is 10.9 Å². The summed E-state index contributed by atoms with van der Waals surface area (Å²) < 4.78 is 0. The van der Waals surface area contributed by atoms with Gasteiger partial charge in [-0.25, -0.2) is 15.0 Å². The van der Waals surface area contributed by atoms with E-state index in [0.29, 0.717) is 29.9 Å². The number of aryl methyl sites for hydroxylation is 1. The highest BCUT2D eigenvalue weighted by Gasteiger charge is 2.29. The van der Waals surface area contributed by atoms with Crippen LogP contribution in [0.3, 0.4) is 0 Å². The number of halogens is 1. The van der Waals surface area contributed by atoms with Crippen LogP contribution in [-0.4, -0.2) is 63.8 Å². The molecule has 2 aromatic heterocycles. The molecular formula is C21H20ClN7O2. The fourth-order valence-corrected chi connectivity index (χ4v) is 3.66. The topological polar surface area (TPSA) is 119 Å². The van der Waals surface area contributed by atoms with E-state index >= 15 is 0 Å². The third-order valence-electron chi connectivity index (χ3n) is 5.29. The first-order valence-corrected chi connectivity index (χ1v) is 10.2. The Hall–Kier alpha value is -3.35. The number of likely N-dealkylation sites (N-methyl/N-ethyl adjacent to an activating group) is 1. The smallest absolute Gasteiger partial charge is 0.258 e. The van der Waals surface area contributed by atoms with E-state index in [1.165, 1.54) is 6.20 Å². The van der Waals surface area contributed by atoms with E-state index in [0.717, 1.165) is 18.7 Å². The van der Waals surface area contributed by atoms with Crippen molar-refractivity contribution in [2.24, 2.45) is 0 Å². The zero-order valence-electron chi connectivity index (χ0n) is 17.1. The number of H-pyrrole nitrogens is 1. The van der Waals surface area contributed by atoms with Crippen molar-refractivity contribution in [3.63, 3.8) is 0 Å². The number of anilines is 1. The normalized spacial score (nSPS) is 15.6. The Labute approximate surface area is 183 Å².